The second kappa shape index (κ2) is 5.83. The summed E-state index contributed by atoms with van der Waals surface area (Å²) in [5.74, 6) is -0.256. The lowest BCUT2D eigenvalue weighted by atomic mass is 9.89. The fourth-order valence-corrected chi connectivity index (χ4v) is 2.39. The Morgan fingerprint density at radius 1 is 1.28 bits per heavy atom. The quantitative estimate of drug-likeness (QED) is 0.832. The van der Waals surface area contributed by atoms with Crippen LogP contribution in [0.3, 0.4) is 0 Å². The minimum absolute atomic E-state index is 0.652. The molecule has 1 aromatic rings. The van der Waals surface area contributed by atoms with Crippen LogP contribution in [0.2, 0.25) is 0 Å². The van der Waals surface area contributed by atoms with Gasteiger partial charge in [0.15, 0.2) is 0 Å². The van der Waals surface area contributed by atoms with Crippen LogP contribution >= 0.6 is 0 Å². The zero-order chi connectivity index (χ0) is 13.0. The van der Waals surface area contributed by atoms with E-state index in [1.807, 2.05) is 12.1 Å². The summed E-state index contributed by atoms with van der Waals surface area (Å²) in [7, 11) is 2.16. The fourth-order valence-electron chi connectivity index (χ4n) is 2.39. The van der Waals surface area contributed by atoms with Gasteiger partial charge in [-0.1, -0.05) is 24.3 Å². The molecule has 0 aliphatic carbocycles. The van der Waals surface area contributed by atoms with Crippen LogP contribution in [0.1, 0.15) is 29.9 Å². The third-order valence-electron chi connectivity index (χ3n) is 3.54. The van der Waals surface area contributed by atoms with Crippen molar-refractivity contribution in [3.8, 4) is 0 Å². The standard InChI is InChI=1S/C15H19NO2/c1-16-10-8-14(9-11-16)13-5-2-12(3-6-13)4-7-15(17)18/h2-7,14H,8-11H2,1H3,(H,17,18)/b7-4+. The largest absolute Gasteiger partial charge is 0.478 e. The number of likely N-dealkylation sites (tertiary alicyclic amines) is 1. The summed E-state index contributed by atoms with van der Waals surface area (Å²) in [5, 5.41) is 8.57. The Morgan fingerprint density at radius 3 is 2.44 bits per heavy atom. The molecule has 1 aromatic carbocycles. The maximum absolute atomic E-state index is 10.4. The molecule has 0 radical (unpaired) electrons. The summed E-state index contributed by atoms with van der Waals surface area (Å²) in [4.78, 5) is 12.8. The molecule has 0 atom stereocenters. The van der Waals surface area contributed by atoms with Crippen LogP contribution in [0, 0.1) is 0 Å². The van der Waals surface area contributed by atoms with Crippen molar-refractivity contribution in [2.24, 2.45) is 0 Å². The van der Waals surface area contributed by atoms with E-state index in [0.29, 0.717) is 5.92 Å². The van der Waals surface area contributed by atoms with Gasteiger partial charge < -0.3 is 10.0 Å². The average molecular weight is 245 g/mol. The SMILES string of the molecule is CN1CCC(c2ccc(/C=C/C(=O)O)cc2)CC1. The van der Waals surface area contributed by atoms with Gasteiger partial charge in [0.1, 0.15) is 0 Å². The maximum atomic E-state index is 10.4. The Morgan fingerprint density at radius 2 is 1.89 bits per heavy atom. The summed E-state index contributed by atoms with van der Waals surface area (Å²) in [6, 6.07) is 8.23. The Bertz CT molecular complexity index is 428. The first kappa shape index (κ1) is 12.8. The molecular formula is C15H19NO2. The van der Waals surface area contributed by atoms with Gasteiger partial charge in [0, 0.05) is 6.08 Å². The number of carbonyl (C=O) groups is 1. The van der Waals surface area contributed by atoms with Crippen molar-refractivity contribution in [2.45, 2.75) is 18.8 Å². The van der Waals surface area contributed by atoms with E-state index in [1.165, 1.54) is 24.5 Å². The van der Waals surface area contributed by atoms with E-state index in [9.17, 15) is 4.79 Å². The molecule has 3 heteroatoms. The number of hydrogen-bond acceptors (Lipinski definition) is 2. The molecule has 0 aromatic heterocycles. The molecular weight excluding hydrogens is 226 g/mol. The molecule has 1 saturated heterocycles. The highest BCUT2D eigenvalue weighted by Crippen LogP contribution is 2.27. The van der Waals surface area contributed by atoms with Gasteiger partial charge in [-0.3, -0.25) is 0 Å². The molecule has 3 nitrogen and oxygen atoms in total. The molecule has 0 unspecified atom stereocenters. The molecule has 1 heterocycles. The number of aliphatic carboxylic acids is 1. The van der Waals surface area contributed by atoms with Gasteiger partial charge >= 0.3 is 5.97 Å². The van der Waals surface area contributed by atoms with Gasteiger partial charge in [-0.15, -0.1) is 0 Å². The van der Waals surface area contributed by atoms with Crippen molar-refractivity contribution < 1.29 is 9.90 Å². The molecule has 1 aliphatic heterocycles. The van der Waals surface area contributed by atoms with E-state index in [2.05, 4.69) is 24.1 Å². The summed E-state index contributed by atoms with van der Waals surface area (Å²) >= 11 is 0. The van der Waals surface area contributed by atoms with Gasteiger partial charge in [0.05, 0.1) is 0 Å². The van der Waals surface area contributed by atoms with E-state index >= 15 is 0 Å². The predicted molar refractivity (Wildman–Crippen MR) is 72.6 cm³/mol. The fraction of sp³-hybridized carbons (Fsp3) is 0.400. The van der Waals surface area contributed by atoms with Crippen molar-refractivity contribution >= 4 is 12.0 Å². The lowest BCUT2D eigenvalue weighted by Gasteiger charge is -2.29. The maximum Gasteiger partial charge on any atom is 0.328 e. The first-order valence-corrected chi connectivity index (χ1v) is 6.34. The lowest BCUT2D eigenvalue weighted by Crippen LogP contribution is -2.29. The zero-order valence-electron chi connectivity index (χ0n) is 10.7. The average Bonchev–Trinajstić information content (AvgIpc) is 2.38. The predicted octanol–water partition coefficient (Wildman–Crippen LogP) is 2.59. The molecule has 18 heavy (non-hydrogen) atoms. The minimum atomic E-state index is -0.908. The smallest absolute Gasteiger partial charge is 0.328 e. The van der Waals surface area contributed by atoms with Gasteiger partial charge in [-0.2, -0.15) is 0 Å². The Hall–Kier alpha value is -1.61. The molecule has 0 saturated carbocycles. The van der Waals surface area contributed by atoms with E-state index in [1.54, 1.807) is 6.08 Å². The molecule has 0 spiro atoms. The van der Waals surface area contributed by atoms with E-state index < -0.39 is 5.97 Å². The van der Waals surface area contributed by atoms with E-state index in [0.717, 1.165) is 18.7 Å². The summed E-state index contributed by atoms with van der Waals surface area (Å²) in [6.07, 6.45) is 5.22. The van der Waals surface area contributed by atoms with Crippen LogP contribution in [0.25, 0.3) is 6.08 Å². The summed E-state index contributed by atoms with van der Waals surface area (Å²) in [6.45, 7) is 2.32. The topological polar surface area (TPSA) is 40.5 Å². The monoisotopic (exact) mass is 245 g/mol. The Balaban J connectivity index is 2.01. The molecule has 1 N–H and O–H groups in total. The van der Waals surface area contributed by atoms with Crippen molar-refractivity contribution in [2.75, 3.05) is 20.1 Å². The van der Waals surface area contributed by atoms with Crippen LogP contribution in [-0.4, -0.2) is 36.1 Å². The first-order chi connectivity index (χ1) is 8.65. The van der Waals surface area contributed by atoms with Crippen molar-refractivity contribution in [1.29, 1.82) is 0 Å². The number of rotatable bonds is 3. The Kier molecular flexibility index (Phi) is 4.15. The van der Waals surface area contributed by atoms with E-state index in [4.69, 9.17) is 5.11 Å². The van der Waals surface area contributed by atoms with Crippen molar-refractivity contribution in [3.05, 3.63) is 41.5 Å². The van der Waals surface area contributed by atoms with Crippen LogP contribution in [0.4, 0.5) is 0 Å². The van der Waals surface area contributed by atoms with Gasteiger partial charge in [-0.05, 0) is 56.1 Å². The highest BCUT2D eigenvalue weighted by Gasteiger charge is 2.17. The van der Waals surface area contributed by atoms with Crippen LogP contribution in [0.15, 0.2) is 30.3 Å². The van der Waals surface area contributed by atoms with Crippen LogP contribution in [-0.2, 0) is 4.79 Å². The van der Waals surface area contributed by atoms with Crippen LogP contribution in [0.5, 0.6) is 0 Å². The zero-order valence-corrected chi connectivity index (χ0v) is 10.7. The molecule has 1 fully saturated rings. The molecule has 1 aliphatic rings. The summed E-state index contributed by atoms with van der Waals surface area (Å²) < 4.78 is 0. The normalized spacial score (nSPS) is 18.3. The van der Waals surface area contributed by atoms with Gasteiger partial charge in [0.25, 0.3) is 0 Å². The molecule has 0 amide bonds. The number of carboxylic acid groups (broad SMARTS) is 1. The lowest BCUT2D eigenvalue weighted by molar-refractivity contribution is -0.131. The second-order valence-corrected chi connectivity index (χ2v) is 4.92. The van der Waals surface area contributed by atoms with Crippen LogP contribution < -0.4 is 0 Å². The highest BCUT2D eigenvalue weighted by atomic mass is 16.4. The molecule has 2 rings (SSSR count). The third-order valence-corrected chi connectivity index (χ3v) is 3.54. The third kappa shape index (κ3) is 3.44. The number of benzene rings is 1. The molecule has 0 bridgehead atoms. The minimum Gasteiger partial charge on any atom is -0.478 e. The highest BCUT2D eigenvalue weighted by molar-refractivity contribution is 5.85. The van der Waals surface area contributed by atoms with Crippen molar-refractivity contribution in [3.63, 3.8) is 0 Å². The van der Waals surface area contributed by atoms with Gasteiger partial charge in [-0.25, -0.2) is 4.79 Å². The van der Waals surface area contributed by atoms with E-state index in [-0.39, 0.29) is 0 Å². The number of piperidine rings is 1. The number of nitrogens with zero attached hydrogens (tertiary/aromatic N) is 1. The number of hydrogen-bond donors (Lipinski definition) is 1. The number of carboxylic acids is 1. The van der Waals surface area contributed by atoms with Crippen molar-refractivity contribution in [1.82, 2.24) is 4.90 Å². The Labute approximate surface area is 108 Å². The first-order valence-electron chi connectivity index (χ1n) is 6.34. The summed E-state index contributed by atoms with van der Waals surface area (Å²) in [5.41, 5.74) is 2.31. The molecule has 96 valence electrons. The second-order valence-electron chi connectivity index (χ2n) is 4.92. The van der Waals surface area contributed by atoms with Gasteiger partial charge in [0.2, 0.25) is 0 Å².